The SMILES string of the molecule is CSCCC(NC(=O)C(CCC(=O)O)NC(=O)C(Cc1ccccc1)NC(=O)C(N)CC(N)=O)C(=O)O. The summed E-state index contributed by atoms with van der Waals surface area (Å²) in [7, 11) is 0. The molecule has 14 heteroatoms. The van der Waals surface area contributed by atoms with Crippen molar-refractivity contribution < 1.29 is 39.0 Å². The molecule has 0 bridgehead atoms. The Morgan fingerprint density at radius 3 is 1.97 bits per heavy atom. The van der Waals surface area contributed by atoms with Crippen LogP contribution in [0.5, 0.6) is 0 Å². The summed E-state index contributed by atoms with van der Waals surface area (Å²) in [6, 6.07) is 3.39. The molecule has 0 aliphatic carbocycles. The molecule has 0 fully saturated rings. The second kappa shape index (κ2) is 16.2. The minimum atomic E-state index is -1.39. The van der Waals surface area contributed by atoms with E-state index < -0.39 is 72.6 Å². The number of amides is 4. The molecule has 37 heavy (non-hydrogen) atoms. The molecule has 0 radical (unpaired) electrons. The number of carboxylic acids is 2. The molecule has 1 aromatic rings. The molecule has 0 spiro atoms. The van der Waals surface area contributed by atoms with Gasteiger partial charge >= 0.3 is 11.9 Å². The first-order valence-electron chi connectivity index (χ1n) is 11.4. The smallest absolute Gasteiger partial charge is 0.326 e. The molecule has 0 aliphatic rings. The van der Waals surface area contributed by atoms with Crippen molar-refractivity contribution in [1.82, 2.24) is 16.0 Å². The van der Waals surface area contributed by atoms with Crippen LogP contribution >= 0.6 is 11.8 Å². The van der Waals surface area contributed by atoms with Gasteiger partial charge in [-0.2, -0.15) is 11.8 Å². The monoisotopic (exact) mass is 539 g/mol. The lowest BCUT2D eigenvalue weighted by molar-refractivity contribution is -0.143. The Morgan fingerprint density at radius 2 is 1.43 bits per heavy atom. The fraction of sp³-hybridized carbons (Fsp3) is 0.478. The van der Waals surface area contributed by atoms with Crippen molar-refractivity contribution in [2.24, 2.45) is 11.5 Å². The standard InChI is InChI=1S/C23H33N5O8S/c1-37-10-9-16(23(35)36)27-21(33)15(7-8-19(30)31)26-22(34)17(11-13-5-3-2-4-6-13)28-20(32)14(24)12-18(25)29/h2-6,14-17H,7-12,24H2,1H3,(H2,25,29)(H,26,34)(H,27,33)(H,28,32)(H,30,31)(H,35,36). The molecule has 0 saturated carbocycles. The van der Waals surface area contributed by atoms with E-state index in [2.05, 4.69) is 16.0 Å². The van der Waals surface area contributed by atoms with Gasteiger partial charge in [-0.25, -0.2) is 4.79 Å². The van der Waals surface area contributed by atoms with Gasteiger partial charge in [0.2, 0.25) is 23.6 Å². The van der Waals surface area contributed by atoms with Crippen LogP contribution in [-0.2, 0) is 35.2 Å². The number of carboxylic acid groups (broad SMARTS) is 2. The summed E-state index contributed by atoms with van der Waals surface area (Å²) < 4.78 is 0. The number of benzene rings is 1. The fourth-order valence-electron chi connectivity index (χ4n) is 3.22. The van der Waals surface area contributed by atoms with E-state index in [1.54, 1.807) is 36.6 Å². The first-order chi connectivity index (χ1) is 17.4. The van der Waals surface area contributed by atoms with Gasteiger partial charge in [0.1, 0.15) is 18.1 Å². The van der Waals surface area contributed by atoms with Gasteiger partial charge in [0.05, 0.1) is 12.5 Å². The minimum absolute atomic E-state index is 0.0134. The fourth-order valence-corrected chi connectivity index (χ4v) is 3.69. The van der Waals surface area contributed by atoms with Crippen LogP contribution in [0.1, 0.15) is 31.2 Å². The van der Waals surface area contributed by atoms with Crippen LogP contribution in [0.3, 0.4) is 0 Å². The summed E-state index contributed by atoms with van der Waals surface area (Å²) in [5.74, 6) is -5.40. The van der Waals surface area contributed by atoms with Gasteiger partial charge in [-0.3, -0.25) is 24.0 Å². The zero-order chi connectivity index (χ0) is 28.0. The Kier molecular flexibility index (Phi) is 13.7. The van der Waals surface area contributed by atoms with Crippen LogP contribution in [0.25, 0.3) is 0 Å². The number of aliphatic carboxylic acids is 2. The van der Waals surface area contributed by atoms with Crippen LogP contribution in [0, 0.1) is 0 Å². The summed E-state index contributed by atoms with van der Waals surface area (Å²) in [6.07, 6.45) is 0.608. The van der Waals surface area contributed by atoms with Crippen molar-refractivity contribution in [3.8, 4) is 0 Å². The highest BCUT2D eigenvalue weighted by atomic mass is 32.2. The Labute approximate surface area is 218 Å². The van der Waals surface area contributed by atoms with Crippen molar-refractivity contribution in [2.45, 2.75) is 56.3 Å². The maximum atomic E-state index is 13.2. The third-order valence-electron chi connectivity index (χ3n) is 5.18. The van der Waals surface area contributed by atoms with E-state index in [9.17, 15) is 33.9 Å². The summed E-state index contributed by atoms with van der Waals surface area (Å²) >= 11 is 1.38. The Balaban J connectivity index is 3.12. The van der Waals surface area contributed by atoms with Crippen LogP contribution in [-0.4, -0.2) is 82.0 Å². The third-order valence-corrected chi connectivity index (χ3v) is 5.82. The zero-order valence-electron chi connectivity index (χ0n) is 20.3. The number of primary amides is 1. The molecule has 0 saturated heterocycles. The van der Waals surface area contributed by atoms with E-state index in [1.807, 2.05) is 0 Å². The maximum Gasteiger partial charge on any atom is 0.326 e. The number of carbonyl (C=O) groups is 6. The molecule has 0 aromatic heterocycles. The molecule has 0 heterocycles. The first-order valence-corrected chi connectivity index (χ1v) is 12.8. The maximum absolute atomic E-state index is 13.2. The highest BCUT2D eigenvalue weighted by molar-refractivity contribution is 7.98. The van der Waals surface area contributed by atoms with Gasteiger partial charge in [-0.15, -0.1) is 0 Å². The minimum Gasteiger partial charge on any atom is -0.481 e. The molecule has 9 N–H and O–H groups in total. The van der Waals surface area contributed by atoms with Gasteiger partial charge in [0.15, 0.2) is 0 Å². The van der Waals surface area contributed by atoms with Crippen molar-refractivity contribution in [3.63, 3.8) is 0 Å². The number of thioether (sulfide) groups is 1. The van der Waals surface area contributed by atoms with E-state index in [1.165, 1.54) is 11.8 Å². The van der Waals surface area contributed by atoms with Gasteiger partial charge in [-0.1, -0.05) is 30.3 Å². The van der Waals surface area contributed by atoms with Crippen LogP contribution in [0.4, 0.5) is 0 Å². The average molecular weight is 540 g/mol. The highest BCUT2D eigenvalue weighted by Crippen LogP contribution is 2.08. The molecular formula is C23H33N5O8S. The summed E-state index contributed by atoms with van der Waals surface area (Å²) in [4.78, 5) is 72.3. The Hall–Kier alpha value is -3.65. The normalized spacial score (nSPS) is 13.9. The highest BCUT2D eigenvalue weighted by Gasteiger charge is 2.31. The Bertz CT molecular complexity index is 962. The lowest BCUT2D eigenvalue weighted by Crippen LogP contribution is -2.58. The van der Waals surface area contributed by atoms with Crippen LogP contribution < -0.4 is 27.4 Å². The van der Waals surface area contributed by atoms with E-state index >= 15 is 0 Å². The Morgan fingerprint density at radius 1 is 0.865 bits per heavy atom. The van der Waals surface area contributed by atoms with Gasteiger partial charge in [-0.05, 0) is 30.4 Å². The van der Waals surface area contributed by atoms with Gasteiger partial charge in [0.25, 0.3) is 0 Å². The molecule has 4 amide bonds. The summed E-state index contributed by atoms with van der Waals surface area (Å²) in [5, 5.41) is 25.7. The average Bonchev–Trinajstić information content (AvgIpc) is 2.83. The van der Waals surface area contributed by atoms with Crippen molar-refractivity contribution in [3.05, 3.63) is 35.9 Å². The predicted octanol–water partition coefficient (Wildman–Crippen LogP) is -1.41. The predicted molar refractivity (Wildman–Crippen MR) is 135 cm³/mol. The van der Waals surface area contributed by atoms with E-state index in [0.717, 1.165) is 0 Å². The lowest BCUT2D eigenvalue weighted by Gasteiger charge is -2.25. The molecule has 1 rings (SSSR count). The molecule has 13 nitrogen and oxygen atoms in total. The molecule has 204 valence electrons. The zero-order valence-corrected chi connectivity index (χ0v) is 21.2. The quantitative estimate of drug-likeness (QED) is 0.122. The number of carbonyl (C=O) groups excluding carboxylic acids is 4. The molecule has 4 unspecified atom stereocenters. The van der Waals surface area contributed by atoms with E-state index in [-0.39, 0.29) is 19.3 Å². The number of nitrogens with one attached hydrogen (secondary N) is 3. The van der Waals surface area contributed by atoms with Crippen molar-refractivity contribution in [1.29, 1.82) is 0 Å². The van der Waals surface area contributed by atoms with Gasteiger partial charge < -0.3 is 37.6 Å². The van der Waals surface area contributed by atoms with Crippen LogP contribution in [0.2, 0.25) is 0 Å². The largest absolute Gasteiger partial charge is 0.481 e. The first kappa shape index (κ1) is 31.4. The second-order valence-electron chi connectivity index (χ2n) is 8.20. The number of rotatable bonds is 17. The summed E-state index contributed by atoms with van der Waals surface area (Å²) in [5.41, 5.74) is 11.4. The van der Waals surface area contributed by atoms with E-state index in [0.29, 0.717) is 11.3 Å². The van der Waals surface area contributed by atoms with Crippen molar-refractivity contribution in [2.75, 3.05) is 12.0 Å². The molecule has 0 aliphatic heterocycles. The summed E-state index contributed by atoms with van der Waals surface area (Å²) in [6.45, 7) is 0. The molecule has 1 aromatic carbocycles. The molecular weight excluding hydrogens is 506 g/mol. The third kappa shape index (κ3) is 12.2. The lowest BCUT2D eigenvalue weighted by atomic mass is 10.0. The second-order valence-corrected chi connectivity index (χ2v) is 9.19. The molecule has 4 atom stereocenters. The van der Waals surface area contributed by atoms with E-state index in [4.69, 9.17) is 16.6 Å². The van der Waals surface area contributed by atoms with Crippen LogP contribution in [0.15, 0.2) is 30.3 Å². The van der Waals surface area contributed by atoms with Gasteiger partial charge in [0, 0.05) is 12.8 Å². The topological polar surface area (TPSA) is 231 Å². The number of nitrogens with two attached hydrogens (primary N) is 2. The number of hydrogen-bond donors (Lipinski definition) is 7. The number of hydrogen-bond acceptors (Lipinski definition) is 8. The van der Waals surface area contributed by atoms with Crippen molar-refractivity contribution >= 4 is 47.3 Å².